The van der Waals surface area contributed by atoms with Crippen LogP contribution in [0.5, 0.6) is 11.5 Å². The van der Waals surface area contributed by atoms with Gasteiger partial charge in [-0.3, -0.25) is 4.79 Å². The molecule has 1 amide bonds. The van der Waals surface area contributed by atoms with E-state index in [1.54, 1.807) is 36.4 Å². The Morgan fingerprint density at radius 2 is 1.85 bits per heavy atom. The number of carbonyl (C=O) groups excluding carboxylic acids is 1. The molecule has 0 atom stereocenters. The van der Waals surface area contributed by atoms with Crippen LogP contribution in [-0.2, 0) is 11.4 Å². The lowest BCUT2D eigenvalue weighted by Gasteiger charge is -2.13. The molecule has 0 radical (unpaired) electrons. The number of nitrogens with zero attached hydrogens (tertiary/aromatic N) is 1. The van der Waals surface area contributed by atoms with Crippen LogP contribution in [0, 0.1) is 21.8 Å². The van der Waals surface area contributed by atoms with Gasteiger partial charge in [0.1, 0.15) is 18.2 Å². The highest BCUT2D eigenvalue weighted by molar-refractivity contribution is 14.1. The third-order valence-electron chi connectivity index (χ3n) is 4.70. The lowest BCUT2D eigenvalue weighted by atomic mass is 10.1. The SMILES string of the molecule is CCOc1cc(/C=C(\C#N)C(=O)Nc2cc(Cl)ccc2C)ccc1OCc1ccc(I)cc1. The van der Waals surface area contributed by atoms with Crippen molar-refractivity contribution in [2.75, 3.05) is 11.9 Å². The predicted molar refractivity (Wildman–Crippen MR) is 140 cm³/mol. The molecule has 3 rings (SSSR count). The highest BCUT2D eigenvalue weighted by Gasteiger charge is 2.13. The number of nitriles is 1. The molecule has 0 aromatic heterocycles. The summed E-state index contributed by atoms with van der Waals surface area (Å²) in [5.41, 5.74) is 3.06. The van der Waals surface area contributed by atoms with E-state index in [9.17, 15) is 10.1 Å². The van der Waals surface area contributed by atoms with Crippen LogP contribution >= 0.6 is 34.2 Å². The lowest BCUT2D eigenvalue weighted by molar-refractivity contribution is -0.112. The number of ether oxygens (including phenoxy) is 2. The first kappa shape index (κ1) is 24.6. The minimum Gasteiger partial charge on any atom is -0.490 e. The van der Waals surface area contributed by atoms with Crippen molar-refractivity contribution >= 4 is 51.9 Å². The Bertz CT molecular complexity index is 1220. The van der Waals surface area contributed by atoms with Crippen LogP contribution < -0.4 is 14.8 Å². The number of hydrogen-bond donors (Lipinski definition) is 1. The summed E-state index contributed by atoms with van der Waals surface area (Å²) in [6.45, 7) is 4.58. The van der Waals surface area contributed by atoms with Gasteiger partial charge in [-0.25, -0.2) is 0 Å². The molecule has 168 valence electrons. The van der Waals surface area contributed by atoms with Crippen molar-refractivity contribution in [3.63, 3.8) is 0 Å². The number of rotatable bonds is 8. The quantitative estimate of drug-likeness (QED) is 0.184. The Morgan fingerprint density at radius 3 is 2.55 bits per heavy atom. The highest BCUT2D eigenvalue weighted by Crippen LogP contribution is 2.30. The Kier molecular flexibility index (Phi) is 8.75. The van der Waals surface area contributed by atoms with E-state index >= 15 is 0 Å². The average molecular weight is 573 g/mol. The fourth-order valence-electron chi connectivity index (χ4n) is 2.98. The highest BCUT2D eigenvalue weighted by atomic mass is 127. The van der Waals surface area contributed by atoms with Crippen molar-refractivity contribution in [2.24, 2.45) is 0 Å². The second-order valence-corrected chi connectivity index (χ2v) is 8.82. The van der Waals surface area contributed by atoms with Gasteiger partial charge >= 0.3 is 0 Å². The molecule has 5 nitrogen and oxygen atoms in total. The topological polar surface area (TPSA) is 71.3 Å². The molecule has 1 N–H and O–H groups in total. The molecular weight excluding hydrogens is 551 g/mol. The molecule has 33 heavy (non-hydrogen) atoms. The van der Waals surface area contributed by atoms with Gasteiger partial charge in [0.05, 0.1) is 6.61 Å². The van der Waals surface area contributed by atoms with Gasteiger partial charge in [-0.1, -0.05) is 35.9 Å². The minimum absolute atomic E-state index is 0.0376. The maximum Gasteiger partial charge on any atom is 0.266 e. The number of amides is 1. The summed E-state index contributed by atoms with van der Waals surface area (Å²) in [7, 11) is 0. The van der Waals surface area contributed by atoms with E-state index in [4.69, 9.17) is 21.1 Å². The molecule has 0 saturated carbocycles. The number of anilines is 1. The number of aryl methyl sites for hydroxylation is 1. The summed E-state index contributed by atoms with van der Waals surface area (Å²) in [5, 5.41) is 12.8. The Labute approximate surface area is 212 Å². The average Bonchev–Trinajstić information content (AvgIpc) is 2.80. The third kappa shape index (κ3) is 6.98. The summed E-state index contributed by atoms with van der Waals surface area (Å²) >= 11 is 8.28. The molecule has 0 unspecified atom stereocenters. The van der Waals surface area contributed by atoms with Gasteiger partial charge < -0.3 is 14.8 Å². The van der Waals surface area contributed by atoms with E-state index in [-0.39, 0.29) is 5.57 Å². The fourth-order valence-corrected chi connectivity index (χ4v) is 3.51. The van der Waals surface area contributed by atoms with Crippen LogP contribution in [0.25, 0.3) is 6.08 Å². The van der Waals surface area contributed by atoms with Crippen molar-refractivity contribution in [1.82, 2.24) is 0 Å². The summed E-state index contributed by atoms with van der Waals surface area (Å²) in [6, 6.07) is 20.5. The molecule has 0 heterocycles. The van der Waals surface area contributed by atoms with Gasteiger partial charge in [-0.05, 0) is 95.6 Å². The molecule has 3 aromatic rings. The van der Waals surface area contributed by atoms with Crippen molar-refractivity contribution in [1.29, 1.82) is 5.26 Å². The van der Waals surface area contributed by atoms with Crippen molar-refractivity contribution in [2.45, 2.75) is 20.5 Å². The molecule has 7 heteroatoms. The van der Waals surface area contributed by atoms with Crippen LogP contribution in [0.15, 0.2) is 66.2 Å². The zero-order valence-electron chi connectivity index (χ0n) is 18.2. The summed E-state index contributed by atoms with van der Waals surface area (Å²) in [4.78, 5) is 12.7. The molecule has 0 aliphatic heterocycles. The van der Waals surface area contributed by atoms with Gasteiger partial charge in [-0.2, -0.15) is 5.26 Å². The van der Waals surface area contributed by atoms with Gasteiger partial charge in [0.25, 0.3) is 5.91 Å². The van der Waals surface area contributed by atoms with Crippen LogP contribution in [0.1, 0.15) is 23.6 Å². The minimum atomic E-state index is -0.514. The number of halogens is 2. The van der Waals surface area contributed by atoms with E-state index in [1.165, 1.54) is 6.08 Å². The van der Waals surface area contributed by atoms with E-state index in [2.05, 4.69) is 27.9 Å². The van der Waals surface area contributed by atoms with Crippen molar-refractivity contribution in [3.8, 4) is 17.6 Å². The molecule has 3 aromatic carbocycles. The van der Waals surface area contributed by atoms with Crippen LogP contribution in [0.4, 0.5) is 5.69 Å². The van der Waals surface area contributed by atoms with E-state index in [1.807, 2.05) is 44.2 Å². The largest absolute Gasteiger partial charge is 0.490 e. The monoisotopic (exact) mass is 572 g/mol. The number of carbonyl (C=O) groups is 1. The number of benzene rings is 3. The van der Waals surface area contributed by atoms with Gasteiger partial charge in [0.15, 0.2) is 11.5 Å². The van der Waals surface area contributed by atoms with Crippen molar-refractivity contribution in [3.05, 3.63) is 91.5 Å². The maximum absolute atomic E-state index is 12.7. The van der Waals surface area contributed by atoms with E-state index < -0.39 is 5.91 Å². The summed E-state index contributed by atoms with van der Waals surface area (Å²) in [6.07, 6.45) is 1.51. The molecule has 0 aliphatic carbocycles. The standard InChI is InChI=1S/C26H22ClIN2O3/c1-3-32-25-13-19(7-11-24(25)33-16-18-5-9-22(28)10-6-18)12-20(15-29)26(31)30-23-14-21(27)8-4-17(23)2/h4-14H,3,16H2,1-2H3,(H,30,31)/b20-12+. The Morgan fingerprint density at radius 1 is 1.09 bits per heavy atom. The first-order valence-corrected chi connectivity index (χ1v) is 11.7. The third-order valence-corrected chi connectivity index (χ3v) is 5.65. The normalized spacial score (nSPS) is 10.9. The van der Waals surface area contributed by atoms with Crippen LogP contribution in [-0.4, -0.2) is 12.5 Å². The first-order chi connectivity index (χ1) is 15.9. The first-order valence-electron chi connectivity index (χ1n) is 10.2. The smallest absolute Gasteiger partial charge is 0.266 e. The van der Waals surface area contributed by atoms with Gasteiger partial charge in [0.2, 0.25) is 0 Å². The summed E-state index contributed by atoms with van der Waals surface area (Å²) in [5.74, 6) is 0.616. The molecule has 0 fully saturated rings. The number of nitrogens with one attached hydrogen (secondary N) is 1. The number of hydrogen-bond acceptors (Lipinski definition) is 4. The Hall–Kier alpha value is -3.02. The second kappa shape index (κ2) is 11.7. The zero-order valence-corrected chi connectivity index (χ0v) is 21.1. The molecule has 0 bridgehead atoms. The van der Waals surface area contributed by atoms with Gasteiger partial charge in [0, 0.05) is 14.3 Å². The summed E-state index contributed by atoms with van der Waals surface area (Å²) < 4.78 is 12.8. The van der Waals surface area contributed by atoms with Crippen LogP contribution in [0.2, 0.25) is 5.02 Å². The van der Waals surface area contributed by atoms with Crippen LogP contribution in [0.3, 0.4) is 0 Å². The molecule has 0 aliphatic rings. The van der Waals surface area contributed by atoms with Crippen molar-refractivity contribution < 1.29 is 14.3 Å². The lowest BCUT2D eigenvalue weighted by Crippen LogP contribution is -2.14. The molecular formula is C26H22ClIN2O3. The van der Waals surface area contributed by atoms with E-state index in [0.29, 0.717) is 41.0 Å². The second-order valence-electron chi connectivity index (χ2n) is 7.14. The predicted octanol–water partition coefficient (Wildman–Crippen LogP) is 6.78. The molecule has 0 saturated heterocycles. The van der Waals surface area contributed by atoms with Gasteiger partial charge in [-0.15, -0.1) is 0 Å². The molecule has 0 spiro atoms. The van der Waals surface area contributed by atoms with E-state index in [0.717, 1.165) is 14.7 Å². The fraction of sp³-hybridized carbons (Fsp3) is 0.154. The Balaban J connectivity index is 1.79. The maximum atomic E-state index is 12.7. The zero-order chi connectivity index (χ0) is 23.8.